The van der Waals surface area contributed by atoms with Gasteiger partial charge in [0, 0.05) is 24.3 Å². The number of rotatable bonds is 9. The molecule has 0 atom stereocenters. The molecule has 1 saturated carbocycles. The van der Waals surface area contributed by atoms with Gasteiger partial charge in [0.2, 0.25) is 0 Å². The Labute approximate surface area is 127 Å². The third-order valence-electron chi connectivity index (χ3n) is 4.36. The molecule has 0 bridgehead atoms. The fourth-order valence-electron chi connectivity index (χ4n) is 2.40. The minimum atomic E-state index is -3.54. The average Bonchev–Trinajstić information content (AvgIpc) is 3.15. The van der Waals surface area contributed by atoms with Gasteiger partial charge in [-0.2, -0.15) is 5.10 Å². The summed E-state index contributed by atoms with van der Waals surface area (Å²) < 4.78 is 27.7. The molecule has 1 aliphatic rings. The predicted octanol–water partition coefficient (Wildman–Crippen LogP) is 1.69. The van der Waals surface area contributed by atoms with Crippen molar-refractivity contribution in [2.24, 2.45) is 5.41 Å². The molecule has 1 heterocycles. The van der Waals surface area contributed by atoms with Crippen molar-refractivity contribution in [3.8, 4) is 0 Å². The maximum Gasteiger partial charge on any atom is 0.260 e. The monoisotopic (exact) mass is 314 g/mol. The lowest BCUT2D eigenvalue weighted by Crippen LogP contribution is -2.31. The molecule has 0 spiro atoms. The molecule has 0 aromatic carbocycles. The summed E-state index contributed by atoms with van der Waals surface area (Å²) in [4.78, 5) is 0. The van der Waals surface area contributed by atoms with Crippen LogP contribution in [0.5, 0.6) is 0 Å². The highest BCUT2D eigenvalue weighted by molar-refractivity contribution is 7.89. The Bertz CT molecular complexity index is 576. The van der Waals surface area contributed by atoms with Gasteiger partial charge in [-0.1, -0.05) is 13.8 Å². The van der Waals surface area contributed by atoms with E-state index in [1.54, 1.807) is 0 Å². The molecule has 0 unspecified atom stereocenters. The number of aromatic nitrogens is 2. The Kier molecular flexibility index (Phi) is 5.06. The summed E-state index contributed by atoms with van der Waals surface area (Å²) in [6.07, 6.45) is 4.24. The zero-order valence-electron chi connectivity index (χ0n) is 13.1. The second kappa shape index (κ2) is 6.46. The van der Waals surface area contributed by atoms with Crippen molar-refractivity contribution in [2.75, 3.05) is 13.1 Å². The molecular weight excluding hydrogens is 288 g/mol. The molecule has 1 aromatic heterocycles. The highest BCUT2D eigenvalue weighted by atomic mass is 32.2. The molecule has 1 aromatic rings. The van der Waals surface area contributed by atoms with E-state index >= 15 is 0 Å². The van der Waals surface area contributed by atoms with Gasteiger partial charge in [-0.3, -0.25) is 5.10 Å². The van der Waals surface area contributed by atoms with E-state index in [1.165, 1.54) is 0 Å². The van der Waals surface area contributed by atoms with Crippen LogP contribution in [0.15, 0.2) is 5.03 Å². The van der Waals surface area contributed by atoms with Crippen molar-refractivity contribution in [1.82, 2.24) is 20.2 Å². The second-order valence-electron chi connectivity index (χ2n) is 5.99. The fraction of sp³-hybridized carbons (Fsp3) is 0.786. The lowest BCUT2D eigenvalue weighted by atomic mass is 10.1. The summed E-state index contributed by atoms with van der Waals surface area (Å²) in [5.41, 5.74) is 1.71. The van der Waals surface area contributed by atoms with Gasteiger partial charge in [-0.15, -0.1) is 0 Å². The van der Waals surface area contributed by atoms with E-state index in [0.717, 1.165) is 43.5 Å². The summed E-state index contributed by atoms with van der Waals surface area (Å²) in [6.45, 7) is 7.93. The highest BCUT2D eigenvalue weighted by Crippen LogP contribution is 2.48. The predicted molar refractivity (Wildman–Crippen MR) is 82.5 cm³/mol. The topological polar surface area (TPSA) is 86.9 Å². The Morgan fingerprint density at radius 3 is 2.62 bits per heavy atom. The van der Waals surface area contributed by atoms with Crippen molar-refractivity contribution in [3.63, 3.8) is 0 Å². The van der Waals surface area contributed by atoms with E-state index in [9.17, 15) is 8.42 Å². The van der Waals surface area contributed by atoms with Gasteiger partial charge in [-0.05, 0) is 44.6 Å². The number of nitrogens with zero attached hydrogens (tertiary/aromatic N) is 1. The van der Waals surface area contributed by atoms with Gasteiger partial charge in [0.1, 0.15) is 0 Å². The number of sulfonamides is 1. The van der Waals surface area contributed by atoms with Crippen LogP contribution in [0.1, 0.15) is 50.8 Å². The SMILES string of the molecule is CCCNCc1c(S(=O)(=O)NCC2(CC)CC2)n[nH]c1C. The van der Waals surface area contributed by atoms with Gasteiger partial charge in [0.05, 0.1) is 0 Å². The van der Waals surface area contributed by atoms with Gasteiger partial charge >= 0.3 is 0 Å². The third kappa shape index (κ3) is 3.84. The summed E-state index contributed by atoms with van der Waals surface area (Å²) in [5.74, 6) is 0. The Morgan fingerprint density at radius 2 is 2.05 bits per heavy atom. The van der Waals surface area contributed by atoms with Crippen molar-refractivity contribution in [1.29, 1.82) is 0 Å². The molecule has 0 aliphatic heterocycles. The first-order chi connectivity index (χ1) is 9.94. The molecule has 7 heteroatoms. The molecule has 120 valence electrons. The number of hydrogen-bond acceptors (Lipinski definition) is 4. The van der Waals surface area contributed by atoms with Crippen LogP contribution >= 0.6 is 0 Å². The first kappa shape index (κ1) is 16.5. The van der Waals surface area contributed by atoms with Crippen LogP contribution in [0, 0.1) is 12.3 Å². The summed E-state index contributed by atoms with van der Waals surface area (Å²) in [7, 11) is -3.54. The van der Waals surface area contributed by atoms with Crippen molar-refractivity contribution >= 4 is 10.0 Å². The quantitative estimate of drug-likeness (QED) is 0.605. The van der Waals surface area contributed by atoms with E-state index in [0.29, 0.717) is 13.1 Å². The lowest BCUT2D eigenvalue weighted by molar-refractivity contribution is 0.474. The molecule has 3 N–H and O–H groups in total. The first-order valence-corrected chi connectivity index (χ1v) is 9.16. The molecular formula is C14H26N4O2S. The van der Waals surface area contributed by atoms with E-state index in [1.807, 2.05) is 6.92 Å². The molecule has 1 fully saturated rings. The van der Waals surface area contributed by atoms with E-state index in [-0.39, 0.29) is 10.4 Å². The van der Waals surface area contributed by atoms with Crippen LogP contribution in [0.3, 0.4) is 0 Å². The van der Waals surface area contributed by atoms with E-state index in [2.05, 4.69) is 34.1 Å². The van der Waals surface area contributed by atoms with Crippen LogP contribution in [-0.4, -0.2) is 31.7 Å². The molecule has 1 aliphatic carbocycles. The summed E-state index contributed by atoms with van der Waals surface area (Å²) in [6, 6.07) is 0. The van der Waals surface area contributed by atoms with Gasteiger partial charge in [0.15, 0.2) is 5.03 Å². The molecule has 0 amide bonds. The van der Waals surface area contributed by atoms with Crippen molar-refractivity contribution in [3.05, 3.63) is 11.3 Å². The van der Waals surface area contributed by atoms with Gasteiger partial charge < -0.3 is 5.32 Å². The van der Waals surface area contributed by atoms with Crippen LogP contribution in [0.25, 0.3) is 0 Å². The number of H-pyrrole nitrogens is 1. The van der Waals surface area contributed by atoms with E-state index < -0.39 is 10.0 Å². The Hall–Kier alpha value is -0.920. The molecule has 21 heavy (non-hydrogen) atoms. The molecule has 0 saturated heterocycles. The summed E-state index contributed by atoms with van der Waals surface area (Å²) >= 11 is 0. The lowest BCUT2D eigenvalue weighted by Gasteiger charge is -2.13. The maximum atomic E-state index is 12.5. The standard InChI is InChI=1S/C14H26N4O2S/c1-4-8-15-9-12-11(3)17-18-13(12)21(19,20)16-10-14(5-2)6-7-14/h15-16H,4-10H2,1-3H3,(H,17,18). The zero-order valence-corrected chi connectivity index (χ0v) is 13.9. The molecule has 2 rings (SSSR count). The number of hydrogen-bond donors (Lipinski definition) is 3. The minimum Gasteiger partial charge on any atom is -0.313 e. The summed E-state index contributed by atoms with van der Waals surface area (Å²) in [5, 5.41) is 10.2. The van der Waals surface area contributed by atoms with Crippen LogP contribution in [0.4, 0.5) is 0 Å². The normalized spacial score (nSPS) is 17.1. The number of aromatic amines is 1. The third-order valence-corrected chi connectivity index (χ3v) is 5.73. The van der Waals surface area contributed by atoms with Crippen molar-refractivity contribution in [2.45, 2.75) is 58.0 Å². The zero-order chi connectivity index (χ0) is 15.5. The van der Waals surface area contributed by atoms with Crippen LogP contribution in [-0.2, 0) is 16.6 Å². The molecule has 0 radical (unpaired) electrons. The smallest absolute Gasteiger partial charge is 0.260 e. The van der Waals surface area contributed by atoms with Gasteiger partial charge in [0.25, 0.3) is 10.0 Å². The number of nitrogens with one attached hydrogen (secondary N) is 3. The Balaban J connectivity index is 2.08. The maximum absolute atomic E-state index is 12.5. The Morgan fingerprint density at radius 1 is 1.33 bits per heavy atom. The minimum absolute atomic E-state index is 0.135. The van der Waals surface area contributed by atoms with E-state index in [4.69, 9.17) is 0 Å². The van der Waals surface area contributed by atoms with Crippen molar-refractivity contribution < 1.29 is 8.42 Å². The van der Waals surface area contributed by atoms with Crippen LogP contribution < -0.4 is 10.0 Å². The average molecular weight is 314 g/mol. The number of aryl methyl sites for hydroxylation is 1. The fourth-order valence-corrected chi connectivity index (χ4v) is 3.75. The van der Waals surface area contributed by atoms with Crippen LogP contribution in [0.2, 0.25) is 0 Å². The highest BCUT2D eigenvalue weighted by Gasteiger charge is 2.41. The van der Waals surface area contributed by atoms with Gasteiger partial charge in [-0.25, -0.2) is 13.1 Å². The largest absolute Gasteiger partial charge is 0.313 e. The second-order valence-corrected chi connectivity index (χ2v) is 7.67. The molecule has 6 nitrogen and oxygen atoms in total. The first-order valence-electron chi connectivity index (χ1n) is 7.68.